The van der Waals surface area contributed by atoms with E-state index < -0.39 is 0 Å². The molecule has 0 saturated heterocycles. The van der Waals surface area contributed by atoms with Crippen LogP contribution in [0.1, 0.15) is 38.4 Å². The van der Waals surface area contributed by atoms with Crippen LogP contribution in [-0.2, 0) is 11.3 Å². The van der Waals surface area contributed by atoms with Crippen LogP contribution in [-0.4, -0.2) is 23.3 Å². The Kier molecular flexibility index (Phi) is 5.33. The van der Waals surface area contributed by atoms with Gasteiger partial charge < -0.3 is 9.30 Å². The summed E-state index contributed by atoms with van der Waals surface area (Å²) < 4.78 is 8.52. The largest absolute Gasteiger partial charge is 0.385 e. The van der Waals surface area contributed by atoms with E-state index in [4.69, 9.17) is 21.3 Å². The first-order valence-corrected chi connectivity index (χ1v) is 8.36. The number of methoxy groups -OCH3 is 1. The lowest BCUT2D eigenvalue weighted by atomic mass is 9.89. The van der Waals surface area contributed by atoms with Crippen LogP contribution in [0.3, 0.4) is 0 Å². The van der Waals surface area contributed by atoms with Gasteiger partial charge in [0.25, 0.3) is 0 Å². The van der Waals surface area contributed by atoms with Crippen LogP contribution in [0.25, 0.3) is 11.0 Å². The number of nitrogens with zero attached hydrogens (tertiary/aromatic N) is 2. The van der Waals surface area contributed by atoms with E-state index in [2.05, 4.69) is 40.4 Å². The molecular weight excluding hydrogens is 352 g/mol. The quantitative estimate of drug-likeness (QED) is 0.654. The lowest BCUT2D eigenvalue weighted by Gasteiger charge is -2.26. The molecule has 21 heavy (non-hydrogen) atoms. The molecule has 0 amide bonds. The Morgan fingerprint density at radius 1 is 1.43 bits per heavy atom. The van der Waals surface area contributed by atoms with Gasteiger partial charge in [0.15, 0.2) is 0 Å². The lowest BCUT2D eigenvalue weighted by molar-refractivity contribution is 0.142. The maximum atomic E-state index is 6.33. The summed E-state index contributed by atoms with van der Waals surface area (Å²) in [5.41, 5.74) is 2.23. The highest BCUT2D eigenvalue weighted by Gasteiger charge is 2.23. The molecule has 1 heterocycles. The molecule has 0 aliphatic carbocycles. The first kappa shape index (κ1) is 16.8. The van der Waals surface area contributed by atoms with Crippen LogP contribution in [0.4, 0.5) is 0 Å². The molecule has 0 saturated carbocycles. The van der Waals surface area contributed by atoms with E-state index in [9.17, 15) is 0 Å². The van der Waals surface area contributed by atoms with Gasteiger partial charge in [-0.3, -0.25) is 0 Å². The standard InChI is InChI=1S/C16H22BrClN2O/c1-11(18)15-19-13-6-5-12(17)9-14(13)20(15)10-16(2,3)7-8-21-4/h5-6,9,11H,7-8,10H2,1-4H3. The third-order valence-corrected chi connectivity index (χ3v) is 4.35. The zero-order valence-electron chi connectivity index (χ0n) is 13.0. The third-order valence-electron chi connectivity index (χ3n) is 3.66. The van der Waals surface area contributed by atoms with Gasteiger partial charge in [-0.1, -0.05) is 29.8 Å². The van der Waals surface area contributed by atoms with Gasteiger partial charge in [0, 0.05) is 24.7 Å². The van der Waals surface area contributed by atoms with E-state index in [1.54, 1.807) is 7.11 Å². The molecule has 2 aromatic rings. The van der Waals surface area contributed by atoms with Crippen molar-refractivity contribution in [3.63, 3.8) is 0 Å². The van der Waals surface area contributed by atoms with E-state index in [1.807, 2.05) is 19.1 Å². The average Bonchev–Trinajstić information content (AvgIpc) is 2.74. The Labute approximate surface area is 139 Å². The number of hydrogen-bond acceptors (Lipinski definition) is 2. The van der Waals surface area contributed by atoms with Crippen molar-refractivity contribution in [2.45, 2.75) is 39.1 Å². The smallest absolute Gasteiger partial charge is 0.127 e. The summed E-state index contributed by atoms with van der Waals surface area (Å²) in [6.45, 7) is 8.10. The summed E-state index contributed by atoms with van der Waals surface area (Å²) in [5, 5.41) is -0.116. The minimum atomic E-state index is -0.116. The molecule has 0 spiro atoms. The number of hydrogen-bond donors (Lipinski definition) is 0. The van der Waals surface area contributed by atoms with Gasteiger partial charge in [0.1, 0.15) is 5.82 Å². The van der Waals surface area contributed by atoms with Gasteiger partial charge >= 0.3 is 0 Å². The zero-order chi connectivity index (χ0) is 15.6. The van der Waals surface area contributed by atoms with Gasteiger partial charge in [-0.25, -0.2) is 4.98 Å². The molecular formula is C16H22BrClN2O. The minimum absolute atomic E-state index is 0.116. The summed E-state index contributed by atoms with van der Waals surface area (Å²) in [5.74, 6) is 0.926. The molecule has 0 aliphatic rings. The maximum Gasteiger partial charge on any atom is 0.127 e. The van der Waals surface area contributed by atoms with Crippen molar-refractivity contribution in [3.05, 3.63) is 28.5 Å². The molecule has 1 aromatic heterocycles. The summed E-state index contributed by atoms with van der Waals surface area (Å²) >= 11 is 9.87. The number of halogens is 2. The molecule has 1 atom stereocenters. The van der Waals surface area contributed by atoms with Crippen LogP contribution in [0.15, 0.2) is 22.7 Å². The normalized spacial score (nSPS) is 13.8. The highest BCUT2D eigenvalue weighted by molar-refractivity contribution is 9.10. The van der Waals surface area contributed by atoms with Crippen molar-refractivity contribution < 1.29 is 4.74 Å². The molecule has 0 fully saturated rings. The summed E-state index contributed by atoms with van der Waals surface area (Å²) in [6.07, 6.45) is 0.993. The molecule has 0 aliphatic heterocycles. The van der Waals surface area contributed by atoms with Crippen LogP contribution in [0.5, 0.6) is 0 Å². The maximum absolute atomic E-state index is 6.33. The molecule has 3 nitrogen and oxygen atoms in total. The Bertz CT molecular complexity index is 622. The zero-order valence-corrected chi connectivity index (χ0v) is 15.3. The fourth-order valence-corrected chi connectivity index (χ4v) is 2.99. The van der Waals surface area contributed by atoms with E-state index >= 15 is 0 Å². The predicted molar refractivity (Wildman–Crippen MR) is 92.0 cm³/mol. The second kappa shape index (κ2) is 6.67. The topological polar surface area (TPSA) is 27.1 Å². The van der Waals surface area contributed by atoms with Crippen molar-refractivity contribution in [3.8, 4) is 0 Å². The van der Waals surface area contributed by atoms with Crippen molar-refractivity contribution >= 4 is 38.6 Å². The first-order chi connectivity index (χ1) is 9.84. The summed E-state index contributed by atoms with van der Waals surface area (Å²) in [7, 11) is 1.74. The molecule has 0 radical (unpaired) electrons. The van der Waals surface area contributed by atoms with E-state index in [1.165, 1.54) is 0 Å². The Balaban J connectivity index is 2.44. The Morgan fingerprint density at radius 3 is 2.76 bits per heavy atom. The van der Waals surface area contributed by atoms with Gasteiger partial charge in [-0.05, 0) is 37.0 Å². The van der Waals surface area contributed by atoms with Gasteiger partial charge in [0.05, 0.1) is 16.4 Å². The fourth-order valence-electron chi connectivity index (χ4n) is 2.47. The van der Waals surface area contributed by atoms with Crippen molar-refractivity contribution in [1.29, 1.82) is 0 Å². The molecule has 1 unspecified atom stereocenters. The Hall–Kier alpha value is -0.580. The van der Waals surface area contributed by atoms with E-state index in [-0.39, 0.29) is 10.8 Å². The van der Waals surface area contributed by atoms with E-state index in [0.29, 0.717) is 0 Å². The minimum Gasteiger partial charge on any atom is -0.385 e. The number of aromatic nitrogens is 2. The molecule has 0 N–H and O–H groups in total. The highest BCUT2D eigenvalue weighted by Crippen LogP contribution is 2.31. The third kappa shape index (κ3) is 3.99. The first-order valence-electron chi connectivity index (χ1n) is 7.13. The SMILES string of the molecule is COCCC(C)(C)Cn1c(C(C)Cl)nc2ccc(Br)cc21. The molecule has 5 heteroatoms. The second-order valence-electron chi connectivity index (χ2n) is 6.21. The van der Waals surface area contributed by atoms with Crippen LogP contribution < -0.4 is 0 Å². The van der Waals surface area contributed by atoms with Crippen LogP contribution in [0, 0.1) is 5.41 Å². The Morgan fingerprint density at radius 2 is 2.14 bits per heavy atom. The van der Waals surface area contributed by atoms with Gasteiger partial charge in [-0.2, -0.15) is 0 Å². The van der Waals surface area contributed by atoms with Gasteiger partial charge in [0.2, 0.25) is 0 Å². The molecule has 2 rings (SSSR count). The monoisotopic (exact) mass is 372 g/mol. The predicted octanol–water partition coefficient (Wildman–Crippen LogP) is 5.16. The van der Waals surface area contributed by atoms with Crippen LogP contribution in [0.2, 0.25) is 0 Å². The van der Waals surface area contributed by atoms with Crippen molar-refractivity contribution in [2.75, 3.05) is 13.7 Å². The number of imidazole rings is 1. The second-order valence-corrected chi connectivity index (χ2v) is 7.78. The van der Waals surface area contributed by atoms with E-state index in [0.717, 1.165) is 40.9 Å². The summed E-state index contributed by atoms with van der Waals surface area (Å²) in [4.78, 5) is 4.70. The average molecular weight is 374 g/mol. The van der Waals surface area contributed by atoms with Gasteiger partial charge in [-0.15, -0.1) is 11.6 Å². The summed E-state index contributed by atoms with van der Waals surface area (Å²) in [6, 6.07) is 6.15. The molecule has 116 valence electrons. The number of fused-ring (bicyclic) bond motifs is 1. The van der Waals surface area contributed by atoms with Crippen molar-refractivity contribution in [1.82, 2.24) is 9.55 Å². The lowest BCUT2D eigenvalue weighted by Crippen LogP contribution is -2.23. The number of benzene rings is 1. The highest BCUT2D eigenvalue weighted by atomic mass is 79.9. The van der Waals surface area contributed by atoms with Crippen molar-refractivity contribution in [2.24, 2.45) is 5.41 Å². The number of alkyl halides is 1. The number of ether oxygens (including phenoxy) is 1. The van der Waals surface area contributed by atoms with Crippen LogP contribution >= 0.6 is 27.5 Å². The number of rotatable bonds is 6. The fraction of sp³-hybridized carbons (Fsp3) is 0.562. The molecule has 1 aromatic carbocycles. The molecule has 0 bridgehead atoms.